The van der Waals surface area contributed by atoms with Crippen molar-refractivity contribution in [2.24, 2.45) is 5.92 Å². The maximum absolute atomic E-state index is 15.0. The standard InChI is InChI=1S/C27H34F4O/c1-3-5-6-7-19-8-10-20(11-9-19)21-12-14-22(15-13-21)23-16-17-24(32-18-4-2)25(26(23)28)27(29,30)31/h12-17,19-20H,3-11,18H2,1-2H3. The molecule has 1 saturated carbocycles. The van der Waals surface area contributed by atoms with Crippen molar-refractivity contribution in [1.29, 1.82) is 0 Å². The number of benzene rings is 2. The van der Waals surface area contributed by atoms with Gasteiger partial charge in [0, 0.05) is 5.56 Å². The van der Waals surface area contributed by atoms with E-state index < -0.39 is 23.3 Å². The molecule has 2 aromatic rings. The highest BCUT2D eigenvalue weighted by molar-refractivity contribution is 5.67. The van der Waals surface area contributed by atoms with Crippen molar-refractivity contribution in [2.75, 3.05) is 6.61 Å². The van der Waals surface area contributed by atoms with Crippen LogP contribution in [0.15, 0.2) is 36.4 Å². The maximum atomic E-state index is 15.0. The Morgan fingerprint density at radius 2 is 1.56 bits per heavy atom. The minimum Gasteiger partial charge on any atom is -0.493 e. The van der Waals surface area contributed by atoms with Gasteiger partial charge in [-0.05, 0) is 67.2 Å². The van der Waals surface area contributed by atoms with E-state index in [1.165, 1.54) is 56.2 Å². The lowest BCUT2D eigenvalue weighted by molar-refractivity contribution is -0.141. The summed E-state index contributed by atoms with van der Waals surface area (Å²) in [5.74, 6) is -0.424. The number of ether oxygens (including phenoxy) is 1. The van der Waals surface area contributed by atoms with Gasteiger partial charge in [0.25, 0.3) is 0 Å². The monoisotopic (exact) mass is 450 g/mol. The van der Waals surface area contributed by atoms with Gasteiger partial charge in [-0.2, -0.15) is 13.2 Å². The summed E-state index contributed by atoms with van der Waals surface area (Å²) in [7, 11) is 0. The van der Waals surface area contributed by atoms with Gasteiger partial charge in [0.15, 0.2) is 0 Å². The van der Waals surface area contributed by atoms with Gasteiger partial charge in [0.2, 0.25) is 0 Å². The lowest BCUT2D eigenvalue weighted by atomic mass is 9.77. The molecule has 0 aliphatic heterocycles. The summed E-state index contributed by atoms with van der Waals surface area (Å²) in [6.45, 7) is 4.13. The molecule has 1 fully saturated rings. The second kappa shape index (κ2) is 11.2. The van der Waals surface area contributed by atoms with E-state index in [0.29, 0.717) is 17.9 Å². The van der Waals surface area contributed by atoms with E-state index in [2.05, 4.69) is 6.92 Å². The number of unbranched alkanes of at least 4 members (excludes halogenated alkanes) is 2. The topological polar surface area (TPSA) is 9.23 Å². The predicted molar refractivity (Wildman–Crippen MR) is 121 cm³/mol. The van der Waals surface area contributed by atoms with Gasteiger partial charge in [0.1, 0.15) is 17.1 Å². The van der Waals surface area contributed by atoms with Gasteiger partial charge in [0.05, 0.1) is 6.61 Å². The molecule has 176 valence electrons. The lowest BCUT2D eigenvalue weighted by Crippen LogP contribution is -2.13. The van der Waals surface area contributed by atoms with Crippen LogP contribution < -0.4 is 4.74 Å². The van der Waals surface area contributed by atoms with Crippen molar-refractivity contribution in [3.8, 4) is 16.9 Å². The van der Waals surface area contributed by atoms with Gasteiger partial charge in [-0.15, -0.1) is 0 Å². The predicted octanol–water partition coefficient (Wildman–Crippen LogP) is 9.15. The van der Waals surface area contributed by atoms with Crippen LogP contribution in [0.2, 0.25) is 0 Å². The Hall–Kier alpha value is -2.04. The Morgan fingerprint density at radius 1 is 0.875 bits per heavy atom. The van der Waals surface area contributed by atoms with Crippen molar-refractivity contribution < 1.29 is 22.3 Å². The second-order valence-electron chi connectivity index (χ2n) is 8.98. The van der Waals surface area contributed by atoms with Crippen molar-refractivity contribution in [3.05, 3.63) is 53.3 Å². The Balaban J connectivity index is 1.74. The van der Waals surface area contributed by atoms with E-state index in [0.717, 1.165) is 18.8 Å². The summed E-state index contributed by atoms with van der Waals surface area (Å²) in [6, 6.07) is 10.00. The maximum Gasteiger partial charge on any atom is 0.422 e. The van der Waals surface area contributed by atoms with Crippen molar-refractivity contribution in [2.45, 2.75) is 83.7 Å². The first-order chi connectivity index (χ1) is 15.3. The quantitative estimate of drug-likeness (QED) is 0.273. The van der Waals surface area contributed by atoms with E-state index >= 15 is 0 Å². The van der Waals surface area contributed by atoms with Crippen LogP contribution in [0.25, 0.3) is 11.1 Å². The molecule has 1 nitrogen and oxygen atoms in total. The Labute approximate surface area is 189 Å². The molecule has 3 rings (SSSR count). The molecule has 5 heteroatoms. The zero-order valence-corrected chi connectivity index (χ0v) is 19.1. The van der Waals surface area contributed by atoms with Crippen LogP contribution in [0.4, 0.5) is 17.6 Å². The molecule has 0 atom stereocenters. The van der Waals surface area contributed by atoms with E-state index in [1.807, 2.05) is 12.1 Å². The van der Waals surface area contributed by atoms with Crippen LogP contribution in [-0.2, 0) is 6.18 Å². The number of rotatable bonds is 9. The van der Waals surface area contributed by atoms with Crippen LogP contribution in [0.1, 0.15) is 88.7 Å². The molecule has 1 aliphatic rings. The normalized spacial score (nSPS) is 19.2. The zero-order chi connectivity index (χ0) is 23.1. The zero-order valence-electron chi connectivity index (χ0n) is 19.1. The van der Waals surface area contributed by atoms with Gasteiger partial charge >= 0.3 is 6.18 Å². The van der Waals surface area contributed by atoms with Gasteiger partial charge < -0.3 is 4.74 Å². The van der Waals surface area contributed by atoms with Crippen molar-refractivity contribution in [3.63, 3.8) is 0 Å². The van der Waals surface area contributed by atoms with Crippen LogP contribution in [-0.4, -0.2) is 6.61 Å². The fraction of sp³-hybridized carbons (Fsp3) is 0.556. The van der Waals surface area contributed by atoms with Crippen molar-refractivity contribution in [1.82, 2.24) is 0 Å². The first-order valence-corrected chi connectivity index (χ1v) is 12.0. The Morgan fingerprint density at radius 3 is 2.16 bits per heavy atom. The van der Waals surface area contributed by atoms with Crippen LogP contribution in [0, 0.1) is 11.7 Å². The third-order valence-corrected chi connectivity index (χ3v) is 6.60. The molecule has 0 heterocycles. The second-order valence-corrected chi connectivity index (χ2v) is 8.98. The fourth-order valence-corrected chi connectivity index (χ4v) is 4.78. The molecule has 0 spiro atoms. The fourth-order valence-electron chi connectivity index (χ4n) is 4.78. The molecular weight excluding hydrogens is 416 g/mol. The largest absolute Gasteiger partial charge is 0.493 e. The molecule has 0 unspecified atom stereocenters. The van der Waals surface area contributed by atoms with E-state index in [9.17, 15) is 17.6 Å². The lowest BCUT2D eigenvalue weighted by Gasteiger charge is -2.29. The highest BCUT2D eigenvalue weighted by Gasteiger charge is 2.39. The number of hydrogen-bond acceptors (Lipinski definition) is 1. The third kappa shape index (κ3) is 6.05. The average molecular weight is 451 g/mol. The number of alkyl halides is 3. The minimum atomic E-state index is -4.82. The van der Waals surface area contributed by atoms with E-state index in [4.69, 9.17) is 4.74 Å². The first-order valence-electron chi connectivity index (χ1n) is 12.0. The Bertz CT molecular complexity index is 849. The van der Waals surface area contributed by atoms with Crippen LogP contribution in [0.3, 0.4) is 0 Å². The molecule has 2 aromatic carbocycles. The minimum absolute atomic E-state index is 0.0487. The molecular formula is C27H34F4O. The highest BCUT2D eigenvalue weighted by Crippen LogP contribution is 2.42. The summed E-state index contributed by atoms with van der Waals surface area (Å²) < 4.78 is 60.8. The van der Waals surface area contributed by atoms with Crippen LogP contribution in [0.5, 0.6) is 5.75 Å². The summed E-state index contributed by atoms with van der Waals surface area (Å²) in [4.78, 5) is 0. The summed E-state index contributed by atoms with van der Waals surface area (Å²) >= 11 is 0. The smallest absolute Gasteiger partial charge is 0.422 e. The van der Waals surface area contributed by atoms with E-state index in [-0.39, 0.29) is 12.2 Å². The molecule has 0 aromatic heterocycles. The SMILES string of the molecule is CCCCCC1CCC(c2ccc(-c3ccc(OCCC)c(C(F)(F)F)c3F)cc2)CC1. The molecule has 0 saturated heterocycles. The number of hydrogen-bond donors (Lipinski definition) is 0. The van der Waals surface area contributed by atoms with Gasteiger partial charge in [-0.1, -0.05) is 63.8 Å². The summed E-state index contributed by atoms with van der Waals surface area (Å²) in [6.07, 6.45) is 5.67. The molecule has 32 heavy (non-hydrogen) atoms. The van der Waals surface area contributed by atoms with Gasteiger partial charge in [-0.25, -0.2) is 4.39 Å². The summed E-state index contributed by atoms with van der Waals surface area (Å²) in [5.41, 5.74) is 0.272. The summed E-state index contributed by atoms with van der Waals surface area (Å²) in [5, 5.41) is 0. The van der Waals surface area contributed by atoms with Gasteiger partial charge in [-0.3, -0.25) is 0 Å². The average Bonchev–Trinajstić information content (AvgIpc) is 2.78. The first kappa shape index (κ1) is 24.6. The van der Waals surface area contributed by atoms with Crippen molar-refractivity contribution >= 4 is 0 Å². The Kier molecular flexibility index (Phi) is 8.61. The molecule has 0 radical (unpaired) electrons. The number of halogens is 4. The highest BCUT2D eigenvalue weighted by atomic mass is 19.4. The molecule has 0 N–H and O–H groups in total. The molecule has 0 bridgehead atoms. The van der Waals surface area contributed by atoms with Crippen LogP contribution >= 0.6 is 0 Å². The third-order valence-electron chi connectivity index (χ3n) is 6.60. The molecule has 0 amide bonds. The molecule has 1 aliphatic carbocycles. The van der Waals surface area contributed by atoms with E-state index in [1.54, 1.807) is 19.1 Å².